The summed E-state index contributed by atoms with van der Waals surface area (Å²) in [5.74, 6) is 0.464. The van der Waals surface area contributed by atoms with Gasteiger partial charge in [0.2, 0.25) is 0 Å². The second kappa shape index (κ2) is 11.9. The molecular formula is C34H30IrN2O-2. The van der Waals surface area contributed by atoms with Gasteiger partial charge in [-0.2, -0.15) is 0 Å². The van der Waals surface area contributed by atoms with Crippen molar-refractivity contribution in [3.8, 4) is 22.5 Å². The van der Waals surface area contributed by atoms with Crippen LogP contribution in [-0.2, 0) is 20.1 Å². The van der Waals surface area contributed by atoms with Crippen molar-refractivity contribution >= 4 is 21.9 Å². The molecule has 0 spiro atoms. The Kier molecular flexibility index (Phi) is 8.56. The number of benzene rings is 3. The first-order chi connectivity index (χ1) is 17.9. The second-order valence-corrected chi connectivity index (χ2v) is 9.78. The Morgan fingerprint density at radius 2 is 1.53 bits per heavy atom. The molecule has 6 rings (SSSR count). The van der Waals surface area contributed by atoms with Gasteiger partial charge in [-0.25, -0.2) is 0 Å². The van der Waals surface area contributed by atoms with Crippen molar-refractivity contribution in [3.63, 3.8) is 0 Å². The molecule has 6 aromatic rings. The summed E-state index contributed by atoms with van der Waals surface area (Å²) >= 11 is 0. The molecule has 0 aliphatic rings. The van der Waals surface area contributed by atoms with Crippen molar-refractivity contribution in [2.75, 3.05) is 0 Å². The van der Waals surface area contributed by atoms with Crippen molar-refractivity contribution in [3.05, 3.63) is 120 Å². The maximum atomic E-state index is 6.10. The zero-order chi connectivity index (χ0) is 25.9. The van der Waals surface area contributed by atoms with E-state index in [0.717, 1.165) is 44.5 Å². The molecule has 3 nitrogen and oxygen atoms in total. The molecule has 4 heteroatoms. The number of nitrogens with zero attached hydrogens (tertiary/aromatic N) is 2. The molecule has 0 saturated carbocycles. The topological polar surface area (TPSA) is 38.9 Å². The molecule has 3 aromatic heterocycles. The van der Waals surface area contributed by atoms with Gasteiger partial charge in [-0.05, 0) is 53.9 Å². The fourth-order valence-corrected chi connectivity index (χ4v) is 4.47. The fourth-order valence-electron chi connectivity index (χ4n) is 4.47. The Balaban J connectivity index is 0.000000193. The van der Waals surface area contributed by atoms with Gasteiger partial charge < -0.3 is 14.4 Å². The Morgan fingerprint density at radius 1 is 0.763 bits per heavy atom. The van der Waals surface area contributed by atoms with Gasteiger partial charge in [-0.15, -0.1) is 53.6 Å². The molecule has 0 bridgehead atoms. The van der Waals surface area contributed by atoms with Crippen molar-refractivity contribution in [1.29, 1.82) is 0 Å². The van der Waals surface area contributed by atoms with E-state index in [1.807, 2.05) is 61.8 Å². The molecule has 3 aromatic carbocycles. The molecule has 0 unspecified atom stereocenters. The van der Waals surface area contributed by atoms with Crippen molar-refractivity contribution in [1.82, 2.24) is 9.97 Å². The van der Waals surface area contributed by atoms with Gasteiger partial charge in [0.1, 0.15) is 5.58 Å². The Bertz CT molecular complexity index is 1620. The molecule has 0 aliphatic carbocycles. The van der Waals surface area contributed by atoms with Gasteiger partial charge in [-0.1, -0.05) is 68.1 Å². The Hall–Kier alpha value is -3.59. The monoisotopic (exact) mass is 675 g/mol. The van der Waals surface area contributed by atoms with E-state index in [0.29, 0.717) is 5.92 Å². The number of hydrogen-bond acceptors (Lipinski definition) is 3. The minimum Gasteiger partial charge on any atom is -0.501 e. The number of furan rings is 1. The van der Waals surface area contributed by atoms with Crippen LogP contribution in [0.3, 0.4) is 0 Å². The third-order valence-corrected chi connectivity index (χ3v) is 6.52. The van der Waals surface area contributed by atoms with Gasteiger partial charge in [0.15, 0.2) is 0 Å². The van der Waals surface area contributed by atoms with Crippen LogP contribution in [0.5, 0.6) is 0 Å². The average Bonchev–Trinajstić information content (AvgIpc) is 3.29. The molecular weight excluding hydrogens is 645 g/mol. The van der Waals surface area contributed by atoms with Gasteiger partial charge >= 0.3 is 0 Å². The van der Waals surface area contributed by atoms with Gasteiger partial charge in [-0.3, -0.25) is 0 Å². The molecule has 0 fully saturated rings. The zero-order valence-corrected chi connectivity index (χ0v) is 24.7. The zero-order valence-electron chi connectivity index (χ0n) is 22.3. The summed E-state index contributed by atoms with van der Waals surface area (Å²) in [5, 5.41) is 2.25. The average molecular weight is 675 g/mol. The van der Waals surface area contributed by atoms with Crippen LogP contribution in [0.25, 0.3) is 44.5 Å². The molecule has 0 saturated heterocycles. The maximum Gasteiger partial charge on any atom is 0.120 e. The first-order valence-electron chi connectivity index (χ1n) is 12.6. The fraction of sp³-hybridized carbons (Fsp3) is 0.176. The number of para-hydroxylation sites is 1. The van der Waals surface area contributed by atoms with Crippen molar-refractivity contribution < 1.29 is 24.5 Å². The largest absolute Gasteiger partial charge is 0.501 e. The number of fused-ring (bicyclic) bond motifs is 3. The van der Waals surface area contributed by atoms with Gasteiger partial charge in [0.25, 0.3) is 0 Å². The third kappa shape index (κ3) is 5.77. The summed E-state index contributed by atoms with van der Waals surface area (Å²) in [5.41, 5.74) is 10.6. The minimum absolute atomic E-state index is 0. The minimum atomic E-state index is 0. The molecule has 0 amide bonds. The van der Waals surface area contributed by atoms with Gasteiger partial charge in [0.05, 0.1) is 5.58 Å². The number of pyridine rings is 2. The van der Waals surface area contributed by atoms with E-state index < -0.39 is 0 Å². The van der Waals surface area contributed by atoms with E-state index in [1.165, 1.54) is 22.3 Å². The molecule has 1 radical (unpaired) electrons. The predicted octanol–water partition coefficient (Wildman–Crippen LogP) is 9.04. The number of hydrogen-bond donors (Lipinski definition) is 0. The van der Waals surface area contributed by atoms with Crippen LogP contribution in [-0.4, -0.2) is 9.97 Å². The van der Waals surface area contributed by atoms with Crippen LogP contribution >= 0.6 is 0 Å². The number of aryl methyl sites for hydroxylation is 3. The van der Waals surface area contributed by atoms with E-state index in [2.05, 4.69) is 80.1 Å². The van der Waals surface area contributed by atoms with E-state index >= 15 is 0 Å². The summed E-state index contributed by atoms with van der Waals surface area (Å²) in [6.45, 7) is 10.6. The van der Waals surface area contributed by atoms with Crippen LogP contribution in [0.2, 0.25) is 0 Å². The quantitative estimate of drug-likeness (QED) is 0.176. The summed E-state index contributed by atoms with van der Waals surface area (Å²) in [6.07, 6.45) is 3.82. The maximum absolute atomic E-state index is 6.10. The summed E-state index contributed by atoms with van der Waals surface area (Å²) in [7, 11) is 0. The van der Waals surface area contributed by atoms with Gasteiger partial charge in [0, 0.05) is 37.9 Å². The standard InChI is InChI=1S/C21H18NO.C13H12N.Ir/c1-13(2)18-11-19(22-12-14(18)3)17-9-6-8-16-15-7-4-5-10-20(15)23-21(16)17;1-10-3-6-12(7-4-10)13-8-5-11(2)9-14-13;/h4-8,10-13H,1-3H3;3-6,8-9H,1-2H3;/q2*-1;. The number of rotatable bonds is 3. The molecule has 0 aliphatic heterocycles. The second-order valence-electron chi connectivity index (χ2n) is 9.78. The summed E-state index contributed by atoms with van der Waals surface area (Å²) in [4.78, 5) is 8.97. The van der Waals surface area contributed by atoms with Crippen molar-refractivity contribution in [2.45, 2.75) is 40.5 Å². The molecule has 38 heavy (non-hydrogen) atoms. The van der Waals surface area contributed by atoms with Crippen LogP contribution in [0.4, 0.5) is 0 Å². The van der Waals surface area contributed by atoms with Crippen LogP contribution in [0, 0.1) is 32.9 Å². The SMILES string of the molecule is Cc1c[c-]c(-c2ccc(C)cn2)cc1.Cc1cnc(-c2[c-]ccc3c2oc2ccccc23)cc1C(C)C.[Ir]. The van der Waals surface area contributed by atoms with E-state index in [1.54, 1.807) is 0 Å². The Labute approximate surface area is 238 Å². The van der Waals surface area contributed by atoms with E-state index in [-0.39, 0.29) is 20.1 Å². The van der Waals surface area contributed by atoms with Crippen LogP contribution < -0.4 is 0 Å². The molecule has 0 atom stereocenters. The number of aromatic nitrogens is 2. The molecule has 0 N–H and O–H groups in total. The predicted molar refractivity (Wildman–Crippen MR) is 153 cm³/mol. The normalized spacial score (nSPS) is 10.8. The molecule has 193 valence electrons. The Morgan fingerprint density at radius 3 is 2.24 bits per heavy atom. The summed E-state index contributed by atoms with van der Waals surface area (Å²) < 4.78 is 6.10. The first kappa shape index (κ1) is 27.4. The van der Waals surface area contributed by atoms with Crippen LogP contribution in [0.1, 0.15) is 42.0 Å². The van der Waals surface area contributed by atoms with Crippen LogP contribution in [0.15, 0.2) is 89.6 Å². The third-order valence-electron chi connectivity index (χ3n) is 6.52. The summed E-state index contributed by atoms with van der Waals surface area (Å²) in [6, 6.07) is 31.0. The first-order valence-corrected chi connectivity index (χ1v) is 12.6. The van der Waals surface area contributed by atoms with Crippen molar-refractivity contribution in [2.24, 2.45) is 0 Å². The molecule has 3 heterocycles. The van der Waals surface area contributed by atoms with E-state index in [4.69, 9.17) is 4.42 Å². The van der Waals surface area contributed by atoms with E-state index in [9.17, 15) is 0 Å². The smallest absolute Gasteiger partial charge is 0.120 e.